The second-order valence-corrected chi connectivity index (χ2v) is 2.28. The van der Waals surface area contributed by atoms with E-state index in [1.54, 1.807) is 12.1 Å². The molecule has 50 valence electrons. The van der Waals surface area contributed by atoms with E-state index in [9.17, 15) is 4.79 Å². The second kappa shape index (κ2) is 3.43. The Hall–Kier alpha value is -0.752. The van der Waals surface area contributed by atoms with Crippen molar-refractivity contribution in [2.45, 2.75) is 0 Å². The van der Waals surface area contributed by atoms with Gasteiger partial charge >= 0.3 is 67.9 Å². The molecular weight excluding hydrogens is 189 g/mol. The second-order valence-electron chi connectivity index (χ2n) is 1.81. The van der Waals surface area contributed by atoms with Crippen LogP contribution in [-0.2, 0) is 0 Å². The number of benzene rings is 1. The molecule has 0 aromatic heterocycles. The van der Waals surface area contributed by atoms with Crippen molar-refractivity contribution >= 4 is 23.0 Å². The van der Waals surface area contributed by atoms with Gasteiger partial charge in [0.25, 0.3) is 0 Å². The number of carbonyl (C=O) groups excluding carboxylic acids is 1. The van der Waals surface area contributed by atoms with Crippen molar-refractivity contribution in [2.75, 3.05) is 0 Å². The molecule has 2 nitrogen and oxygen atoms in total. The van der Waals surface area contributed by atoms with Gasteiger partial charge in [-0.2, -0.15) is 0 Å². The normalized spacial score (nSPS) is 8.90. The number of hydrogen-bond acceptors (Lipinski definition) is 1. The minimum absolute atomic E-state index is 0.0689. The molecule has 0 aliphatic carbocycles. The van der Waals surface area contributed by atoms with Crippen LogP contribution in [0.15, 0.2) is 30.3 Å². The quantitative estimate of drug-likeness (QED) is 0.649. The third-order valence-corrected chi connectivity index (χ3v) is 1.56. The molecule has 0 aliphatic heterocycles. The summed E-state index contributed by atoms with van der Waals surface area (Å²) in [5.41, 5.74) is 0.683. The van der Waals surface area contributed by atoms with E-state index in [4.69, 9.17) is 0 Å². The van der Waals surface area contributed by atoms with Crippen molar-refractivity contribution in [1.29, 1.82) is 0 Å². The summed E-state index contributed by atoms with van der Waals surface area (Å²) in [6.07, 6.45) is 0. The zero-order valence-electron chi connectivity index (χ0n) is 5.24. The monoisotopic (exact) mass is 195 g/mol. The van der Waals surface area contributed by atoms with Crippen molar-refractivity contribution in [3.05, 3.63) is 35.9 Å². The first-order valence-corrected chi connectivity index (χ1v) is 3.78. The summed E-state index contributed by atoms with van der Waals surface area (Å²) in [6, 6.07) is 9.07. The van der Waals surface area contributed by atoms with Crippen LogP contribution in [0.25, 0.3) is 0 Å². The van der Waals surface area contributed by atoms with Gasteiger partial charge in [0.1, 0.15) is 0 Å². The topological polar surface area (TPSA) is 29.1 Å². The number of amides is 1. The van der Waals surface area contributed by atoms with E-state index >= 15 is 0 Å². The maximum absolute atomic E-state index is 10.9. The summed E-state index contributed by atoms with van der Waals surface area (Å²) in [4.78, 5) is 10.9. The Morgan fingerprint density at radius 2 is 1.90 bits per heavy atom. The fourth-order valence-electron chi connectivity index (χ4n) is 0.654. The van der Waals surface area contributed by atoms with Gasteiger partial charge in [-0.05, 0) is 0 Å². The molecule has 0 aliphatic rings. The molecule has 0 spiro atoms. The van der Waals surface area contributed by atoms with Crippen LogP contribution in [0.2, 0.25) is 0 Å². The fourth-order valence-corrected chi connectivity index (χ4v) is 0.925. The van der Waals surface area contributed by atoms with Crippen molar-refractivity contribution in [3.63, 3.8) is 0 Å². The molecule has 0 saturated carbocycles. The van der Waals surface area contributed by atoms with Crippen molar-refractivity contribution < 1.29 is 4.79 Å². The van der Waals surface area contributed by atoms with Gasteiger partial charge in [0, 0.05) is 0 Å². The molecule has 1 N–H and O–H groups in total. The summed E-state index contributed by atoms with van der Waals surface area (Å²) >= 11 is 2.03. The Bertz CT molecular complexity index is 222. The van der Waals surface area contributed by atoms with Crippen LogP contribution < -0.4 is 4.23 Å². The first-order chi connectivity index (χ1) is 4.84. The molecule has 1 rings (SSSR count). The van der Waals surface area contributed by atoms with Crippen LogP contribution in [0.1, 0.15) is 10.4 Å². The maximum atomic E-state index is 10.9. The zero-order valence-corrected chi connectivity index (χ0v) is 7.12. The Kier molecular flexibility index (Phi) is 2.52. The van der Waals surface area contributed by atoms with Gasteiger partial charge in [-0.1, -0.05) is 0 Å². The van der Waals surface area contributed by atoms with Crippen molar-refractivity contribution in [2.24, 2.45) is 0 Å². The molecule has 1 aromatic carbocycles. The first-order valence-electron chi connectivity index (χ1n) is 2.84. The SMILES string of the molecule is O=C(N[As])c1ccccc1. The molecule has 2 radical (unpaired) electrons. The predicted molar refractivity (Wildman–Crippen MR) is 39.7 cm³/mol. The fraction of sp³-hybridized carbons (Fsp3) is 0. The third-order valence-electron chi connectivity index (χ3n) is 1.14. The van der Waals surface area contributed by atoms with Crippen LogP contribution in [0.3, 0.4) is 0 Å². The Labute approximate surface area is 68.4 Å². The Balaban J connectivity index is 2.85. The van der Waals surface area contributed by atoms with Crippen LogP contribution in [0.4, 0.5) is 0 Å². The first kappa shape index (κ1) is 7.36. The summed E-state index contributed by atoms with van der Waals surface area (Å²) in [5.74, 6) is -0.0689. The Morgan fingerprint density at radius 1 is 1.30 bits per heavy atom. The molecule has 0 atom stereocenters. The average Bonchev–Trinajstić information content (AvgIpc) is 2.05. The van der Waals surface area contributed by atoms with E-state index < -0.39 is 0 Å². The van der Waals surface area contributed by atoms with Crippen LogP contribution >= 0.6 is 0 Å². The van der Waals surface area contributed by atoms with Gasteiger partial charge in [-0.3, -0.25) is 0 Å². The van der Waals surface area contributed by atoms with E-state index in [0.717, 1.165) is 0 Å². The van der Waals surface area contributed by atoms with E-state index in [2.05, 4.69) is 4.23 Å². The number of rotatable bonds is 1. The Morgan fingerprint density at radius 3 is 2.40 bits per heavy atom. The van der Waals surface area contributed by atoms with Gasteiger partial charge in [0.15, 0.2) is 0 Å². The van der Waals surface area contributed by atoms with E-state index in [-0.39, 0.29) is 5.91 Å². The molecule has 3 heteroatoms. The molecule has 1 amide bonds. The van der Waals surface area contributed by atoms with E-state index in [0.29, 0.717) is 5.56 Å². The average molecular weight is 195 g/mol. The third kappa shape index (κ3) is 1.61. The van der Waals surface area contributed by atoms with Crippen LogP contribution in [0.5, 0.6) is 0 Å². The number of carbonyl (C=O) groups is 1. The van der Waals surface area contributed by atoms with Crippen LogP contribution in [-0.4, -0.2) is 23.0 Å². The summed E-state index contributed by atoms with van der Waals surface area (Å²) in [5, 5.41) is 0. The molecule has 0 bridgehead atoms. The van der Waals surface area contributed by atoms with Gasteiger partial charge < -0.3 is 0 Å². The van der Waals surface area contributed by atoms with Gasteiger partial charge in [-0.15, -0.1) is 0 Å². The molecule has 1 aromatic rings. The number of nitrogens with one attached hydrogen (secondary N) is 1. The molecule has 0 heterocycles. The molecule has 0 fully saturated rings. The summed E-state index contributed by atoms with van der Waals surface area (Å²) in [7, 11) is 0. The van der Waals surface area contributed by atoms with Gasteiger partial charge in [0.05, 0.1) is 0 Å². The van der Waals surface area contributed by atoms with E-state index in [1.807, 2.05) is 35.3 Å². The molecule has 0 unspecified atom stereocenters. The summed E-state index contributed by atoms with van der Waals surface area (Å²) in [6.45, 7) is 0. The van der Waals surface area contributed by atoms with E-state index in [1.165, 1.54) is 0 Å². The number of hydrogen-bond donors (Lipinski definition) is 1. The zero-order chi connectivity index (χ0) is 7.40. The van der Waals surface area contributed by atoms with Crippen molar-refractivity contribution in [3.8, 4) is 0 Å². The minimum atomic E-state index is -0.0689. The van der Waals surface area contributed by atoms with Crippen molar-refractivity contribution in [1.82, 2.24) is 4.23 Å². The van der Waals surface area contributed by atoms with Gasteiger partial charge in [-0.25, -0.2) is 0 Å². The standard InChI is InChI=1S/C7H6AsNO/c8-9-7(10)6-4-2-1-3-5-6/h1-5H,(H,9,10). The van der Waals surface area contributed by atoms with Crippen LogP contribution in [0, 0.1) is 0 Å². The van der Waals surface area contributed by atoms with Gasteiger partial charge in [0.2, 0.25) is 0 Å². The summed E-state index contributed by atoms with van der Waals surface area (Å²) < 4.78 is 2.48. The molecule has 10 heavy (non-hydrogen) atoms. The molecule has 0 saturated heterocycles. The predicted octanol–water partition coefficient (Wildman–Crippen LogP) is 0.500. The molecular formula is C7H6AsNO.